The van der Waals surface area contributed by atoms with Gasteiger partial charge >= 0.3 is 0 Å². The largest absolute Gasteiger partial charge is 0.397 e. The number of piperidine rings is 1. The van der Waals surface area contributed by atoms with Crippen molar-refractivity contribution in [1.29, 1.82) is 0 Å². The van der Waals surface area contributed by atoms with Gasteiger partial charge in [-0.25, -0.2) is 13.4 Å². The molecular formula is C24H24N6O2S. The SMILES string of the molecule is Nc1ccc(-c2ccc([SH](=O)=O)cc2)nc1-c1cc2c(N3CCC[C@H](N)C3)ccnc2cn1. The molecule has 9 heteroatoms. The number of nitrogens with zero attached hydrogens (tertiary/aromatic N) is 4. The summed E-state index contributed by atoms with van der Waals surface area (Å²) in [5.41, 5.74) is 17.6. The average Bonchev–Trinajstić information content (AvgIpc) is 2.84. The van der Waals surface area contributed by atoms with Crippen molar-refractivity contribution < 1.29 is 8.42 Å². The molecule has 3 aromatic heterocycles. The molecule has 0 spiro atoms. The Hall–Kier alpha value is -3.56. The Morgan fingerprint density at radius 1 is 1.00 bits per heavy atom. The Balaban J connectivity index is 1.57. The standard InChI is InChI=1S/C24H24N6O2S/c25-16-2-1-11-30(14-16)23-9-10-27-22-13-28-21(12-18(22)23)24-19(26)7-8-20(29-24)15-3-5-17(6-4-15)33(31)32/h3-10,12-13,16,33H,1-2,11,14,25-26H2/t16-/m0/s1. The zero-order chi connectivity index (χ0) is 22.9. The van der Waals surface area contributed by atoms with Crippen LogP contribution in [0.1, 0.15) is 12.8 Å². The van der Waals surface area contributed by atoms with Crippen LogP contribution >= 0.6 is 0 Å². The number of anilines is 2. The van der Waals surface area contributed by atoms with E-state index in [9.17, 15) is 8.42 Å². The number of fused-ring (bicyclic) bond motifs is 1. The normalized spacial score (nSPS) is 16.4. The Morgan fingerprint density at radius 3 is 2.58 bits per heavy atom. The summed E-state index contributed by atoms with van der Waals surface area (Å²) in [5, 5.41) is 0.979. The Kier molecular flexibility index (Phi) is 5.65. The van der Waals surface area contributed by atoms with Crippen LogP contribution in [0.25, 0.3) is 33.5 Å². The number of hydrogen-bond acceptors (Lipinski definition) is 8. The van der Waals surface area contributed by atoms with Crippen molar-refractivity contribution in [3.63, 3.8) is 0 Å². The van der Waals surface area contributed by atoms with Gasteiger partial charge in [0.1, 0.15) is 5.69 Å². The summed E-state index contributed by atoms with van der Waals surface area (Å²) in [6.45, 7) is 1.75. The number of pyridine rings is 3. The smallest absolute Gasteiger partial charge is 0.168 e. The zero-order valence-electron chi connectivity index (χ0n) is 17.9. The van der Waals surface area contributed by atoms with Crippen molar-refractivity contribution in [2.45, 2.75) is 23.8 Å². The number of aromatic nitrogens is 3. The molecule has 1 aromatic carbocycles. The van der Waals surface area contributed by atoms with Crippen LogP contribution in [0, 0.1) is 0 Å². The van der Waals surface area contributed by atoms with E-state index in [0.29, 0.717) is 22.8 Å². The molecule has 1 aliphatic heterocycles. The summed E-state index contributed by atoms with van der Waals surface area (Å²) < 4.78 is 22.4. The van der Waals surface area contributed by atoms with Gasteiger partial charge in [0.25, 0.3) is 0 Å². The minimum atomic E-state index is -2.62. The molecule has 168 valence electrons. The molecule has 1 aliphatic rings. The summed E-state index contributed by atoms with van der Waals surface area (Å²) in [4.78, 5) is 16.4. The van der Waals surface area contributed by atoms with E-state index >= 15 is 0 Å². The molecule has 1 atom stereocenters. The van der Waals surface area contributed by atoms with Crippen molar-refractivity contribution in [2.75, 3.05) is 23.7 Å². The first-order valence-corrected chi connectivity index (χ1v) is 11.9. The summed E-state index contributed by atoms with van der Waals surface area (Å²) in [6.07, 6.45) is 5.63. The second-order valence-electron chi connectivity index (χ2n) is 8.20. The second kappa shape index (κ2) is 8.76. The first kappa shape index (κ1) is 21.3. The van der Waals surface area contributed by atoms with Crippen LogP contribution in [0.4, 0.5) is 11.4 Å². The third kappa shape index (κ3) is 4.24. The maximum Gasteiger partial charge on any atom is 0.168 e. The quantitative estimate of drug-likeness (QED) is 0.397. The molecule has 0 radical (unpaired) electrons. The van der Waals surface area contributed by atoms with Crippen molar-refractivity contribution >= 4 is 33.0 Å². The Morgan fingerprint density at radius 2 is 1.82 bits per heavy atom. The van der Waals surface area contributed by atoms with Gasteiger partial charge < -0.3 is 16.4 Å². The molecule has 0 unspecified atom stereocenters. The third-order valence-corrected chi connectivity index (χ3v) is 6.67. The van der Waals surface area contributed by atoms with Crippen molar-refractivity contribution in [1.82, 2.24) is 15.0 Å². The van der Waals surface area contributed by atoms with Gasteiger partial charge in [-0.3, -0.25) is 9.97 Å². The van der Waals surface area contributed by atoms with Crippen LogP contribution in [-0.4, -0.2) is 42.5 Å². The molecule has 0 amide bonds. The third-order valence-electron chi connectivity index (χ3n) is 5.95. The first-order valence-electron chi connectivity index (χ1n) is 10.8. The fourth-order valence-corrected chi connectivity index (χ4v) is 4.65. The predicted octanol–water partition coefficient (Wildman–Crippen LogP) is 2.84. The van der Waals surface area contributed by atoms with Crippen molar-refractivity contribution in [2.24, 2.45) is 5.73 Å². The van der Waals surface area contributed by atoms with Crippen LogP contribution in [-0.2, 0) is 10.7 Å². The monoisotopic (exact) mass is 460 g/mol. The number of thiol groups is 1. The predicted molar refractivity (Wildman–Crippen MR) is 131 cm³/mol. The molecule has 8 nitrogen and oxygen atoms in total. The summed E-state index contributed by atoms with van der Waals surface area (Å²) in [6, 6.07) is 14.3. The number of benzene rings is 1. The van der Waals surface area contributed by atoms with Gasteiger partial charge in [0.05, 0.1) is 33.7 Å². The van der Waals surface area contributed by atoms with E-state index in [-0.39, 0.29) is 10.9 Å². The lowest BCUT2D eigenvalue weighted by Gasteiger charge is -2.33. The van der Waals surface area contributed by atoms with E-state index in [0.717, 1.165) is 48.1 Å². The maximum absolute atomic E-state index is 11.2. The molecule has 4 heterocycles. The fraction of sp³-hybridized carbons (Fsp3) is 0.208. The van der Waals surface area contributed by atoms with E-state index in [1.165, 1.54) is 0 Å². The second-order valence-corrected chi connectivity index (χ2v) is 9.23. The van der Waals surface area contributed by atoms with Crippen LogP contribution < -0.4 is 16.4 Å². The number of nitrogen functional groups attached to an aromatic ring is 1. The summed E-state index contributed by atoms with van der Waals surface area (Å²) >= 11 is 0. The molecule has 1 saturated heterocycles. The van der Waals surface area contributed by atoms with E-state index in [4.69, 9.17) is 16.5 Å². The lowest BCUT2D eigenvalue weighted by molar-refractivity contribution is 0.507. The Labute approximate surface area is 193 Å². The van der Waals surface area contributed by atoms with Gasteiger partial charge in [0, 0.05) is 42.0 Å². The van der Waals surface area contributed by atoms with Gasteiger partial charge in [-0.05, 0) is 49.2 Å². The lowest BCUT2D eigenvalue weighted by atomic mass is 10.0. The van der Waals surface area contributed by atoms with Gasteiger partial charge in [0.2, 0.25) is 0 Å². The molecule has 0 bridgehead atoms. The molecule has 4 aromatic rings. The molecule has 5 rings (SSSR count). The molecule has 33 heavy (non-hydrogen) atoms. The number of nitrogens with two attached hydrogens (primary N) is 2. The lowest BCUT2D eigenvalue weighted by Crippen LogP contribution is -2.42. The van der Waals surface area contributed by atoms with Gasteiger partial charge in [-0.2, -0.15) is 0 Å². The van der Waals surface area contributed by atoms with Gasteiger partial charge in [0.15, 0.2) is 10.7 Å². The highest BCUT2D eigenvalue weighted by molar-refractivity contribution is 7.72. The Bertz CT molecular complexity index is 1400. The zero-order valence-corrected chi connectivity index (χ0v) is 18.8. The van der Waals surface area contributed by atoms with Crippen LogP contribution in [0.3, 0.4) is 0 Å². The van der Waals surface area contributed by atoms with E-state index in [1.54, 1.807) is 42.7 Å². The van der Waals surface area contributed by atoms with Crippen LogP contribution in [0.5, 0.6) is 0 Å². The van der Waals surface area contributed by atoms with Crippen LogP contribution in [0.2, 0.25) is 0 Å². The summed E-state index contributed by atoms with van der Waals surface area (Å²) in [7, 11) is -2.62. The molecule has 0 aliphatic carbocycles. The fourth-order valence-electron chi connectivity index (χ4n) is 4.26. The van der Waals surface area contributed by atoms with Gasteiger partial charge in [-0.1, -0.05) is 12.1 Å². The van der Waals surface area contributed by atoms with Crippen LogP contribution in [0.15, 0.2) is 65.8 Å². The topological polar surface area (TPSA) is 128 Å². The number of rotatable bonds is 4. The molecule has 1 fully saturated rings. The number of hydrogen-bond donors (Lipinski definition) is 3. The molecule has 0 saturated carbocycles. The summed E-state index contributed by atoms with van der Waals surface area (Å²) in [5.74, 6) is 0. The average molecular weight is 461 g/mol. The van der Waals surface area contributed by atoms with E-state index in [2.05, 4.69) is 14.9 Å². The molecular weight excluding hydrogens is 436 g/mol. The van der Waals surface area contributed by atoms with E-state index < -0.39 is 10.7 Å². The van der Waals surface area contributed by atoms with Gasteiger partial charge in [-0.15, -0.1) is 0 Å². The first-order chi connectivity index (χ1) is 16.0. The minimum absolute atomic E-state index is 0.156. The highest BCUT2D eigenvalue weighted by atomic mass is 32.2. The minimum Gasteiger partial charge on any atom is -0.397 e. The highest BCUT2D eigenvalue weighted by Gasteiger charge is 2.20. The molecule has 4 N–H and O–H groups in total. The van der Waals surface area contributed by atoms with Crippen molar-refractivity contribution in [3.8, 4) is 22.6 Å². The highest BCUT2D eigenvalue weighted by Crippen LogP contribution is 2.32. The maximum atomic E-state index is 11.2. The van der Waals surface area contributed by atoms with Crippen molar-refractivity contribution in [3.05, 3.63) is 60.9 Å². The van der Waals surface area contributed by atoms with E-state index in [1.807, 2.05) is 18.2 Å².